The Morgan fingerprint density at radius 1 is 1.20 bits per heavy atom. The molecule has 2 saturated heterocycles. The molecule has 0 saturated carbocycles. The quantitative estimate of drug-likeness (QED) is 0.519. The molecule has 2 fully saturated rings. The number of piperidine rings is 1. The van der Waals surface area contributed by atoms with E-state index in [-0.39, 0.29) is 0 Å². The Balaban J connectivity index is 1.41. The summed E-state index contributed by atoms with van der Waals surface area (Å²) in [5.41, 5.74) is 10.7. The third-order valence-electron chi connectivity index (χ3n) is 6.69. The van der Waals surface area contributed by atoms with Crippen molar-refractivity contribution in [1.29, 1.82) is 0 Å². The Labute approximate surface area is 179 Å². The van der Waals surface area contributed by atoms with Crippen LogP contribution in [0.4, 0.5) is 5.82 Å². The van der Waals surface area contributed by atoms with Gasteiger partial charge in [0.1, 0.15) is 11.3 Å². The van der Waals surface area contributed by atoms with Gasteiger partial charge in [-0.05, 0) is 38.7 Å². The highest BCUT2D eigenvalue weighted by Gasteiger charge is 2.40. The van der Waals surface area contributed by atoms with Crippen LogP contribution in [-0.4, -0.2) is 42.9 Å². The summed E-state index contributed by atoms with van der Waals surface area (Å²) in [6.45, 7) is 2.88. The largest absolute Gasteiger partial charge is 0.349 e. The fourth-order valence-corrected chi connectivity index (χ4v) is 5.60. The highest BCUT2D eigenvalue weighted by atomic mass is 35.5. The molecule has 1 aromatic carbocycles. The van der Waals surface area contributed by atoms with Gasteiger partial charge in [0.05, 0.1) is 16.7 Å². The van der Waals surface area contributed by atoms with Gasteiger partial charge >= 0.3 is 0 Å². The van der Waals surface area contributed by atoms with Gasteiger partial charge in [0.15, 0.2) is 5.65 Å². The van der Waals surface area contributed by atoms with E-state index in [1.807, 2.05) is 35.4 Å². The minimum absolute atomic E-state index is 0.307. The van der Waals surface area contributed by atoms with Gasteiger partial charge in [-0.1, -0.05) is 17.7 Å². The summed E-state index contributed by atoms with van der Waals surface area (Å²) in [4.78, 5) is 15.5. The van der Waals surface area contributed by atoms with Gasteiger partial charge in [-0.25, -0.2) is 9.97 Å². The van der Waals surface area contributed by atoms with E-state index >= 15 is 0 Å². The van der Waals surface area contributed by atoms with E-state index in [0.29, 0.717) is 23.1 Å². The van der Waals surface area contributed by atoms with Crippen molar-refractivity contribution in [2.45, 2.75) is 57.3 Å². The Morgan fingerprint density at radius 2 is 2.00 bits per heavy atom. The zero-order chi connectivity index (χ0) is 20.4. The Morgan fingerprint density at radius 3 is 2.77 bits per heavy atom. The monoisotopic (exact) mass is 421 g/mol. The topological polar surface area (TPSA) is 88.7 Å². The highest BCUT2D eigenvalue weighted by Crippen LogP contribution is 2.40. The van der Waals surface area contributed by atoms with Crippen LogP contribution in [0.2, 0.25) is 5.02 Å². The predicted molar refractivity (Wildman–Crippen MR) is 120 cm³/mol. The molecular formula is C22H24ClN7. The van der Waals surface area contributed by atoms with Crippen LogP contribution in [0, 0.1) is 0 Å². The number of benzene rings is 1. The van der Waals surface area contributed by atoms with Crippen molar-refractivity contribution in [1.82, 2.24) is 24.7 Å². The zero-order valence-electron chi connectivity index (χ0n) is 16.8. The van der Waals surface area contributed by atoms with Gasteiger partial charge in [-0.2, -0.15) is 5.10 Å². The average molecular weight is 422 g/mol. The Kier molecular flexibility index (Phi) is 4.05. The highest BCUT2D eigenvalue weighted by molar-refractivity contribution is 6.38. The fraction of sp³-hybridized carbons (Fsp3) is 0.409. The van der Waals surface area contributed by atoms with Crippen LogP contribution in [0.15, 0.2) is 30.7 Å². The Bertz CT molecular complexity index is 1250. The van der Waals surface area contributed by atoms with Gasteiger partial charge < -0.3 is 15.6 Å². The summed E-state index contributed by atoms with van der Waals surface area (Å²) in [7, 11) is 0. The van der Waals surface area contributed by atoms with E-state index < -0.39 is 0 Å². The Hall–Kier alpha value is -2.64. The second-order valence-electron chi connectivity index (χ2n) is 8.50. The summed E-state index contributed by atoms with van der Waals surface area (Å²) in [5.74, 6) is 0.945. The molecule has 6 rings (SSSR count). The molecule has 2 unspecified atom stereocenters. The summed E-state index contributed by atoms with van der Waals surface area (Å²) in [5, 5.41) is 6.20. The molecule has 30 heavy (non-hydrogen) atoms. The zero-order valence-corrected chi connectivity index (χ0v) is 17.6. The number of nitrogens with zero attached hydrogens (tertiary/aromatic N) is 5. The number of aryl methyl sites for hydroxylation is 1. The van der Waals surface area contributed by atoms with Crippen molar-refractivity contribution in [3.63, 3.8) is 0 Å². The number of hydrogen-bond donors (Lipinski definition) is 2. The summed E-state index contributed by atoms with van der Waals surface area (Å²) >= 11 is 6.78. The number of H-pyrrole nitrogens is 1. The van der Waals surface area contributed by atoms with Crippen molar-refractivity contribution >= 4 is 39.5 Å². The fourth-order valence-electron chi connectivity index (χ4n) is 5.29. The minimum Gasteiger partial charge on any atom is -0.349 e. The van der Waals surface area contributed by atoms with Crippen molar-refractivity contribution in [2.24, 2.45) is 5.73 Å². The first kappa shape index (κ1) is 18.2. The first-order valence-corrected chi connectivity index (χ1v) is 11.0. The number of halogens is 1. The van der Waals surface area contributed by atoms with Crippen LogP contribution in [0.1, 0.15) is 32.6 Å². The van der Waals surface area contributed by atoms with E-state index in [2.05, 4.69) is 21.9 Å². The lowest BCUT2D eigenvalue weighted by atomic mass is 9.98. The molecule has 2 atom stereocenters. The maximum Gasteiger partial charge on any atom is 0.159 e. The SMILES string of the molecule is CCn1cc2c(Cl)c(-c3c[nH]c4nc(N5C6CCC5CC(N)C6)cnc34)ccc2n1. The van der Waals surface area contributed by atoms with Crippen molar-refractivity contribution in [2.75, 3.05) is 4.90 Å². The molecule has 3 aromatic heterocycles. The molecule has 0 radical (unpaired) electrons. The molecule has 8 heteroatoms. The van der Waals surface area contributed by atoms with E-state index in [9.17, 15) is 0 Å². The lowest BCUT2D eigenvalue weighted by molar-refractivity contribution is 0.412. The van der Waals surface area contributed by atoms with E-state index in [1.54, 1.807) is 0 Å². The normalized spacial score (nSPS) is 23.7. The summed E-state index contributed by atoms with van der Waals surface area (Å²) < 4.78 is 1.90. The van der Waals surface area contributed by atoms with Crippen LogP contribution in [-0.2, 0) is 6.54 Å². The third kappa shape index (κ3) is 2.65. The van der Waals surface area contributed by atoms with Crippen LogP contribution < -0.4 is 10.6 Å². The summed E-state index contributed by atoms with van der Waals surface area (Å²) in [6, 6.07) is 5.29. The summed E-state index contributed by atoms with van der Waals surface area (Å²) in [6.07, 6.45) is 10.3. The van der Waals surface area contributed by atoms with Gasteiger partial charge in [0, 0.05) is 53.6 Å². The number of nitrogens with one attached hydrogen (secondary N) is 1. The first-order valence-electron chi connectivity index (χ1n) is 10.7. The number of fused-ring (bicyclic) bond motifs is 4. The number of anilines is 1. The second-order valence-corrected chi connectivity index (χ2v) is 8.87. The molecule has 3 N–H and O–H groups in total. The van der Waals surface area contributed by atoms with E-state index in [1.165, 1.54) is 12.8 Å². The van der Waals surface area contributed by atoms with Gasteiger partial charge in [0.2, 0.25) is 0 Å². The van der Waals surface area contributed by atoms with E-state index in [4.69, 9.17) is 27.3 Å². The first-order chi connectivity index (χ1) is 14.6. The van der Waals surface area contributed by atoms with Crippen LogP contribution in [0.25, 0.3) is 33.2 Å². The number of nitrogens with two attached hydrogens (primary N) is 1. The number of hydrogen-bond acceptors (Lipinski definition) is 5. The molecule has 4 aromatic rings. The van der Waals surface area contributed by atoms with Crippen molar-refractivity contribution < 1.29 is 0 Å². The minimum atomic E-state index is 0.307. The lowest BCUT2D eigenvalue weighted by Crippen LogP contribution is -2.47. The molecule has 0 spiro atoms. The predicted octanol–water partition coefficient (Wildman–Crippen LogP) is 4.11. The maximum atomic E-state index is 6.78. The molecule has 7 nitrogen and oxygen atoms in total. The van der Waals surface area contributed by atoms with Gasteiger partial charge in [-0.15, -0.1) is 0 Å². The third-order valence-corrected chi connectivity index (χ3v) is 7.09. The lowest BCUT2D eigenvalue weighted by Gasteiger charge is -2.38. The molecule has 0 amide bonds. The number of aromatic amines is 1. The molecule has 2 aliphatic rings. The molecule has 2 aliphatic heterocycles. The molecule has 0 aliphatic carbocycles. The molecule has 2 bridgehead atoms. The van der Waals surface area contributed by atoms with Crippen LogP contribution in [0.5, 0.6) is 0 Å². The average Bonchev–Trinajstić information content (AvgIpc) is 3.42. The van der Waals surface area contributed by atoms with Crippen molar-refractivity contribution in [3.05, 3.63) is 35.7 Å². The van der Waals surface area contributed by atoms with Crippen molar-refractivity contribution in [3.8, 4) is 11.1 Å². The molecule has 5 heterocycles. The molecular weight excluding hydrogens is 398 g/mol. The standard InChI is InChI=1S/C22H24ClN7/c1-2-29-11-17-18(28-29)6-5-15(20(17)23)16-9-26-22-21(16)25-10-19(27-22)30-13-3-4-14(30)8-12(24)7-13/h5-6,9-14H,2-4,7-8,24H2,1H3,(H,26,27). The van der Waals surface area contributed by atoms with Crippen LogP contribution >= 0.6 is 11.6 Å². The van der Waals surface area contributed by atoms with Crippen LogP contribution in [0.3, 0.4) is 0 Å². The maximum absolute atomic E-state index is 6.78. The number of rotatable bonds is 3. The van der Waals surface area contributed by atoms with E-state index in [0.717, 1.165) is 58.4 Å². The molecule has 154 valence electrons. The number of aromatic nitrogens is 5. The van der Waals surface area contributed by atoms with Gasteiger partial charge in [-0.3, -0.25) is 4.68 Å². The smallest absolute Gasteiger partial charge is 0.159 e. The second kappa shape index (κ2) is 6.68. The van der Waals surface area contributed by atoms with Gasteiger partial charge in [0.25, 0.3) is 0 Å².